The van der Waals surface area contributed by atoms with E-state index in [0.29, 0.717) is 32.1 Å². The number of piperidine rings is 1. The lowest BCUT2D eigenvalue weighted by Gasteiger charge is -2.33. The summed E-state index contributed by atoms with van der Waals surface area (Å²) in [6.07, 6.45) is 3.44. The van der Waals surface area contributed by atoms with E-state index < -0.39 is 5.97 Å². The number of carboxylic acids is 1. The molecule has 0 saturated carbocycles. The molecule has 20 heavy (non-hydrogen) atoms. The van der Waals surface area contributed by atoms with Crippen molar-refractivity contribution in [2.24, 2.45) is 5.92 Å². The van der Waals surface area contributed by atoms with Crippen LogP contribution in [0.3, 0.4) is 0 Å². The third-order valence-electron chi connectivity index (χ3n) is 3.39. The van der Waals surface area contributed by atoms with Crippen LogP contribution >= 0.6 is 0 Å². The van der Waals surface area contributed by atoms with Gasteiger partial charge in [-0.3, -0.25) is 9.59 Å². The zero-order valence-corrected chi connectivity index (χ0v) is 12.3. The first kappa shape index (κ1) is 16.9. The van der Waals surface area contributed by atoms with Crippen molar-refractivity contribution in [1.29, 1.82) is 0 Å². The molecule has 0 aromatic carbocycles. The van der Waals surface area contributed by atoms with Gasteiger partial charge in [0, 0.05) is 26.2 Å². The summed E-state index contributed by atoms with van der Waals surface area (Å²) in [4.78, 5) is 24.3. The maximum atomic E-state index is 12.0. The summed E-state index contributed by atoms with van der Waals surface area (Å²) in [7, 11) is 0. The normalized spacial score (nSPS) is 19.1. The number of ether oxygens (including phenoxy) is 1. The van der Waals surface area contributed by atoms with E-state index in [0.717, 1.165) is 32.4 Å². The summed E-state index contributed by atoms with van der Waals surface area (Å²) in [5.74, 6) is -0.352. The van der Waals surface area contributed by atoms with E-state index >= 15 is 0 Å². The first-order chi connectivity index (χ1) is 9.63. The van der Waals surface area contributed by atoms with Gasteiger partial charge in [0.15, 0.2) is 0 Å². The van der Waals surface area contributed by atoms with Crippen LogP contribution in [-0.4, -0.2) is 61.3 Å². The topological polar surface area (TPSA) is 78.9 Å². The molecular weight excluding hydrogens is 260 g/mol. The molecule has 0 aromatic rings. The van der Waals surface area contributed by atoms with Gasteiger partial charge in [-0.25, -0.2) is 0 Å². The highest BCUT2D eigenvalue weighted by Crippen LogP contribution is 2.16. The van der Waals surface area contributed by atoms with Gasteiger partial charge < -0.3 is 20.1 Å². The summed E-state index contributed by atoms with van der Waals surface area (Å²) in [5, 5.41) is 11.5. The number of hydrogen-bond donors (Lipinski definition) is 2. The van der Waals surface area contributed by atoms with Crippen LogP contribution in [0.1, 0.15) is 32.6 Å². The first-order valence-corrected chi connectivity index (χ1v) is 7.41. The lowest BCUT2D eigenvalue weighted by atomic mass is 9.97. The molecule has 116 valence electrons. The number of carbonyl (C=O) groups excluding carboxylic acids is 1. The Bertz CT molecular complexity index is 310. The molecule has 1 heterocycles. The molecule has 1 amide bonds. The standard InChI is InChI=1S/C14H26N2O4/c1-2-7-20-8-5-13(17)16-6-3-4-12(11-16)9-15-10-14(18)19/h12,15H,2-11H2,1H3,(H,18,19). The third kappa shape index (κ3) is 6.86. The molecule has 0 aliphatic carbocycles. The van der Waals surface area contributed by atoms with Gasteiger partial charge >= 0.3 is 5.97 Å². The number of nitrogens with one attached hydrogen (secondary N) is 1. The Kier molecular flexibility index (Phi) is 8.22. The fraction of sp³-hybridized carbons (Fsp3) is 0.857. The summed E-state index contributed by atoms with van der Waals surface area (Å²) < 4.78 is 5.34. The molecule has 0 bridgehead atoms. The van der Waals surface area contributed by atoms with Gasteiger partial charge in [-0.05, 0) is 25.2 Å². The number of aliphatic carboxylic acids is 1. The third-order valence-corrected chi connectivity index (χ3v) is 3.39. The molecule has 1 aliphatic heterocycles. The van der Waals surface area contributed by atoms with Crippen molar-refractivity contribution in [3.63, 3.8) is 0 Å². The molecule has 0 radical (unpaired) electrons. The number of likely N-dealkylation sites (tertiary alicyclic amines) is 1. The minimum atomic E-state index is -0.846. The number of rotatable bonds is 9. The van der Waals surface area contributed by atoms with Gasteiger partial charge in [0.2, 0.25) is 5.91 Å². The number of carboxylic acid groups (broad SMARTS) is 1. The predicted octanol–water partition coefficient (Wildman–Crippen LogP) is 0.716. The molecule has 0 spiro atoms. The van der Waals surface area contributed by atoms with Crippen LogP contribution in [0.25, 0.3) is 0 Å². The lowest BCUT2D eigenvalue weighted by Crippen LogP contribution is -2.43. The Morgan fingerprint density at radius 1 is 1.40 bits per heavy atom. The van der Waals surface area contributed by atoms with E-state index in [9.17, 15) is 9.59 Å². The van der Waals surface area contributed by atoms with Crippen molar-refractivity contribution in [3.05, 3.63) is 0 Å². The number of carbonyl (C=O) groups is 2. The maximum Gasteiger partial charge on any atom is 0.317 e. The molecule has 6 nitrogen and oxygen atoms in total. The van der Waals surface area contributed by atoms with Crippen LogP contribution in [-0.2, 0) is 14.3 Å². The Labute approximate surface area is 120 Å². The van der Waals surface area contributed by atoms with Crippen LogP contribution in [0, 0.1) is 5.92 Å². The smallest absolute Gasteiger partial charge is 0.317 e. The molecule has 2 N–H and O–H groups in total. The number of amides is 1. The van der Waals surface area contributed by atoms with Gasteiger partial charge in [0.25, 0.3) is 0 Å². The van der Waals surface area contributed by atoms with Crippen molar-refractivity contribution in [2.75, 3.05) is 39.4 Å². The van der Waals surface area contributed by atoms with Crippen LogP contribution in [0.4, 0.5) is 0 Å². The Morgan fingerprint density at radius 2 is 2.20 bits per heavy atom. The van der Waals surface area contributed by atoms with Crippen molar-refractivity contribution >= 4 is 11.9 Å². The molecule has 1 unspecified atom stereocenters. The second-order valence-electron chi connectivity index (χ2n) is 5.24. The monoisotopic (exact) mass is 286 g/mol. The van der Waals surface area contributed by atoms with Gasteiger partial charge in [0.05, 0.1) is 19.6 Å². The highest BCUT2D eigenvalue weighted by Gasteiger charge is 2.23. The van der Waals surface area contributed by atoms with E-state index in [1.807, 2.05) is 11.8 Å². The summed E-state index contributed by atoms with van der Waals surface area (Å²) in [5.41, 5.74) is 0. The minimum absolute atomic E-state index is 0.0185. The van der Waals surface area contributed by atoms with Gasteiger partial charge in [-0.15, -0.1) is 0 Å². The highest BCUT2D eigenvalue weighted by atomic mass is 16.5. The maximum absolute atomic E-state index is 12.0. The molecular formula is C14H26N2O4. The van der Waals surface area contributed by atoms with Crippen LogP contribution in [0.2, 0.25) is 0 Å². The average Bonchev–Trinajstić information content (AvgIpc) is 2.43. The van der Waals surface area contributed by atoms with E-state index in [1.165, 1.54) is 0 Å². The second kappa shape index (κ2) is 9.72. The summed E-state index contributed by atoms with van der Waals surface area (Å²) in [6.45, 7) is 5.40. The zero-order valence-electron chi connectivity index (χ0n) is 12.3. The van der Waals surface area contributed by atoms with Crippen molar-refractivity contribution in [3.8, 4) is 0 Å². The van der Waals surface area contributed by atoms with E-state index in [-0.39, 0.29) is 12.5 Å². The van der Waals surface area contributed by atoms with Crippen LogP contribution in [0.5, 0.6) is 0 Å². The molecule has 6 heteroatoms. The largest absolute Gasteiger partial charge is 0.480 e. The Morgan fingerprint density at radius 3 is 2.90 bits per heavy atom. The fourth-order valence-electron chi connectivity index (χ4n) is 2.41. The second-order valence-corrected chi connectivity index (χ2v) is 5.24. The van der Waals surface area contributed by atoms with Crippen LogP contribution < -0.4 is 5.32 Å². The Balaban J connectivity index is 2.21. The van der Waals surface area contributed by atoms with Gasteiger partial charge in [-0.1, -0.05) is 6.92 Å². The van der Waals surface area contributed by atoms with Gasteiger partial charge in [-0.2, -0.15) is 0 Å². The molecule has 1 fully saturated rings. The summed E-state index contributed by atoms with van der Waals surface area (Å²) in [6, 6.07) is 0. The quantitative estimate of drug-likeness (QED) is 0.611. The SMILES string of the molecule is CCCOCCC(=O)N1CCCC(CNCC(=O)O)C1. The molecule has 1 atom stereocenters. The van der Waals surface area contributed by atoms with Crippen LogP contribution in [0.15, 0.2) is 0 Å². The first-order valence-electron chi connectivity index (χ1n) is 7.41. The molecule has 1 saturated heterocycles. The van der Waals surface area contributed by atoms with E-state index in [1.54, 1.807) is 0 Å². The summed E-state index contributed by atoms with van der Waals surface area (Å²) >= 11 is 0. The van der Waals surface area contributed by atoms with Crippen molar-refractivity contribution < 1.29 is 19.4 Å². The minimum Gasteiger partial charge on any atom is -0.480 e. The predicted molar refractivity (Wildman–Crippen MR) is 75.5 cm³/mol. The fourth-order valence-corrected chi connectivity index (χ4v) is 2.41. The van der Waals surface area contributed by atoms with Crippen molar-refractivity contribution in [2.45, 2.75) is 32.6 Å². The van der Waals surface area contributed by atoms with Gasteiger partial charge in [0.1, 0.15) is 0 Å². The molecule has 0 aromatic heterocycles. The Hall–Kier alpha value is -1.14. The highest BCUT2D eigenvalue weighted by molar-refractivity contribution is 5.76. The number of nitrogens with zero attached hydrogens (tertiary/aromatic N) is 1. The van der Waals surface area contributed by atoms with E-state index in [2.05, 4.69) is 5.32 Å². The van der Waals surface area contributed by atoms with E-state index in [4.69, 9.17) is 9.84 Å². The zero-order chi connectivity index (χ0) is 14.8. The average molecular weight is 286 g/mol. The molecule has 1 aliphatic rings. The number of hydrogen-bond acceptors (Lipinski definition) is 4. The molecule has 1 rings (SSSR count). The van der Waals surface area contributed by atoms with Crippen molar-refractivity contribution in [1.82, 2.24) is 10.2 Å². The lowest BCUT2D eigenvalue weighted by molar-refractivity contribution is -0.136.